The van der Waals surface area contributed by atoms with Gasteiger partial charge in [-0.3, -0.25) is 9.59 Å². The molecule has 170 valence electrons. The van der Waals surface area contributed by atoms with Gasteiger partial charge in [-0.1, -0.05) is 32.0 Å². The number of hydrogen-bond donors (Lipinski definition) is 5. The first-order chi connectivity index (χ1) is 15.3. The zero-order valence-electron chi connectivity index (χ0n) is 18.0. The van der Waals surface area contributed by atoms with E-state index in [0.29, 0.717) is 6.42 Å². The van der Waals surface area contributed by atoms with Crippen LogP contribution >= 0.6 is 11.3 Å². The van der Waals surface area contributed by atoms with Crippen LogP contribution in [0.1, 0.15) is 25.0 Å². The third-order valence-corrected chi connectivity index (χ3v) is 6.06. The fourth-order valence-electron chi connectivity index (χ4n) is 3.53. The van der Waals surface area contributed by atoms with Gasteiger partial charge in [0.2, 0.25) is 11.8 Å². The Bertz CT molecular complexity index is 1080. The highest BCUT2D eigenvalue weighted by molar-refractivity contribution is 7.07. The molecule has 0 saturated carbocycles. The van der Waals surface area contributed by atoms with E-state index in [0.717, 1.165) is 22.0 Å². The number of carbonyl (C=O) groups excluding carboxylic acids is 2. The van der Waals surface area contributed by atoms with E-state index in [1.165, 1.54) is 11.3 Å². The van der Waals surface area contributed by atoms with E-state index in [4.69, 9.17) is 5.73 Å². The summed E-state index contributed by atoms with van der Waals surface area (Å²) >= 11 is 1.52. The van der Waals surface area contributed by atoms with Gasteiger partial charge in [0, 0.05) is 23.5 Å². The Kier molecular flexibility index (Phi) is 7.66. The lowest BCUT2D eigenvalue weighted by Gasteiger charge is -2.25. The van der Waals surface area contributed by atoms with Crippen molar-refractivity contribution in [2.75, 3.05) is 0 Å². The number of nitrogens with one attached hydrogen (secondary N) is 3. The number of hydrogen-bond acceptors (Lipinski definition) is 5. The van der Waals surface area contributed by atoms with Crippen molar-refractivity contribution in [1.82, 2.24) is 15.6 Å². The summed E-state index contributed by atoms with van der Waals surface area (Å²) in [5, 5.41) is 19.7. The summed E-state index contributed by atoms with van der Waals surface area (Å²) in [5.74, 6) is -2.40. The van der Waals surface area contributed by atoms with Crippen molar-refractivity contribution >= 4 is 40.0 Å². The van der Waals surface area contributed by atoms with E-state index in [-0.39, 0.29) is 12.3 Å². The molecule has 0 spiro atoms. The van der Waals surface area contributed by atoms with Gasteiger partial charge in [-0.05, 0) is 46.4 Å². The van der Waals surface area contributed by atoms with Crippen molar-refractivity contribution in [1.29, 1.82) is 0 Å². The highest BCUT2D eigenvalue weighted by Crippen LogP contribution is 2.19. The van der Waals surface area contributed by atoms with Gasteiger partial charge < -0.3 is 26.5 Å². The minimum Gasteiger partial charge on any atom is -0.480 e. The minimum absolute atomic E-state index is 0.113. The lowest BCUT2D eigenvalue weighted by atomic mass is 10.00. The molecule has 3 aromatic rings. The second-order valence-electron chi connectivity index (χ2n) is 8.14. The summed E-state index contributed by atoms with van der Waals surface area (Å²) in [6, 6.07) is 6.60. The molecule has 0 aliphatic carbocycles. The second kappa shape index (κ2) is 10.4. The Morgan fingerprint density at radius 3 is 2.50 bits per heavy atom. The minimum atomic E-state index is -1.15. The number of fused-ring (bicyclic) bond motifs is 1. The standard InChI is InChI=1S/C23H28N4O4S/c1-13(2)20(27-21(28)17(24)9-14-7-8-32-12-14)22(29)26-19(23(30)31)10-15-11-25-18-6-4-3-5-16(15)18/h3-8,11-13,17,19-20,25H,9-10,24H2,1-2H3,(H,26,29)(H,27,28)(H,30,31)/t17-,19-,20-/m0/s1. The molecule has 32 heavy (non-hydrogen) atoms. The van der Waals surface area contributed by atoms with E-state index < -0.39 is 35.9 Å². The van der Waals surface area contributed by atoms with Gasteiger partial charge in [0.1, 0.15) is 12.1 Å². The van der Waals surface area contributed by atoms with Gasteiger partial charge >= 0.3 is 5.97 Å². The molecular formula is C23H28N4O4S. The number of carbonyl (C=O) groups is 3. The van der Waals surface area contributed by atoms with Crippen LogP contribution in [-0.2, 0) is 27.2 Å². The van der Waals surface area contributed by atoms with Crippen molar-refractivity contribution in [3.05, 3.63) is 58.4 Å². The molecule has 1 aromatic carbocycles. The van der Waals surface area contributed by atoms with Gasteiger partial charge in [-0.2, -0.15) is 11.3 Å². The molecule has 0 radical (unpaired) electrons. The highest BCUT2D eigenvalue weighted by atomic mass is 32.1. The van der Waals surface area contributed by atoms with Gasteiger partial charge in [0.25, 0.3) is 0 Å². The number of carboxylic acid groups (broad SMARTS) is 1. The molecule has 0 bridgehead atoms. The molecule has 0 aliphatic rings. The predicted octanol–water partition coefficient (Wildman–Crippen LogP) is 2.05. The number of H-pyrrole nitrogens is 1. The van der Waals surface area contributed by atoms with E-state index in [2.05, 4.69) is 15.6 Å². The van der Waals surface area contributed by atoms with Crippen molar-refractivity contribution in [2.45, 2.75) is 44.8 Å². The zero-order valence-corrected chi connectivity index (χ0v) is 18.8. The third kappa shape index (κ3) is 5.74. The number of amides is 2. The number of aliphatic carboxylic acids is 1. The third-order valence-electron chi connectivity index (χ3n) is 5.33. The van der Waals surface area contributed by atoms with Crippen LogP contribution in [0, 0.1) is 5.92 Å². The summed E-state index contributed by atoms with van der Waals surface area (Å²) < 4.78 is 0. The number of thiophene rings is 1. The van der Waals surface area contributed by atoms with Crippen molar-refractivity contribution < 1.29 is 19.5 Å². The Morgan fingerprint density at radius 2 is 1.84 bits per heavy atom. The number of benzene rings is 1. The second-order valence-corrected chi connectivity index (χ2v) is 8.92. The number of aromatic nitrogens is 1. The molecule has 0 unspecified atom stereocenters. The summed E-state index contributed by atoms with van der Waals surface area (Å²) in [6.45, 7) is 3.56. The summed E-state index contributed by atoms with van der Waals surface area (Å²) in [6.07, 6.45) is 2.22. The van der Waals surface area contributed by atoms with Crippen LogP contribution in [0.5, 0.6) is 0 Å². The van der Waals surface area contributed by atoms with Crippen LogP contribution < -0.4 is 16.4 Å². The summed E-state index contributed by atoms with van der Waals surface area (Å²) in [7, 11) is 0. The van der Waals surface area contributed by atoms with Crippen molar-refractivity contribution in [3.8, 4) is 0 Å². The molecular weight excluding hydrogens is 428 g/mol. The fourth-order valence-corrected chi connectivity index (χ4v) is 4.21. The molecule has 8 nitrogen and oxygen atoms in total. The maximum absolute atomic E-state index is 12.9. The van der Waals surface area contributed by atoms with Gasteiger partial charge in [-0.25, -0.2) is 4.79 Å². The Balaban J connectivity index is 1.67. The number of para-hydroxylation sites is 1. The van der Waals surface area contributed by atoms with Crippen LogP contribution in [0.15, 0.2) is 47.3 Å². The molecule has 0 fully saturated rings. The number of nitrogens with two attached hydrogens (primary N) is 1. The van der Waals surface area contributed by atoms with Crippen LogP contribution in [0.25, 0.3) is 10.9 Å². The molecule has 2 aromatic heterocycles. The van der Waals surface area contributed by atoms with E-state index in [9.17, 15) is 19.5 Å². The van der Waals surface area contributed by atoms with Crippen LogP contribution in [0.3, 0.4) is 0 Å². The molecule has 3 rings (SSSR count). The summed E-state index contributed by atoms with van der Waals surface area (Å²) in [4.78, 5) is 40.5. The Labute approximate surface area is 190 Å². The molecule has 2 heterocycles. The number of rotatable bonds is 10. The van der Waals surface area contributed by atoms with Crippen LogP contribution in [0.4, 0.5) is 0 Å². The van der Waals surface area contributed by atoms with Gasteiger partial charge in [0.15, 0.2) is 0 Å². The first kappa shape index (κ1) is 23.5. The maximum atomic E-state index is 12.9. The van der Waals surface area contributed by atoms with Crippen LogP contribution in [-0.4, -0.2) is 46.0 Å². The number of carboxylic acids is 1. The average Bonchev–Trinajstić information content (AvgIpc) is 3.41. The number of aromatic amines is 1. The van der Waals surface area contributed by atoms with E-state index >= 15 is 0 Å². The monoisotopic (exact) mass is 456 g/mol. The quantitative estimate of drug-likeness (QED) is 0.318. The van der Waals surface area contributed by atoms with Crippen LogP contribution in [0.2, 0.25) is 0 Å². The molecule has 3 atom stereocenters. The lowest BCUT2D eigenvalue weighted by Crippen LogP contribution is -2.56. The molecule has 2 amide bonds. The van der Waals surface area contributed by atoms with Crippen molar-refractivity contribution in [2.24, 2.45) is 11.7 Å². The Hall–Kier alpha value is -3.17. The Morgan fingerprint density at radius 1 is 1.09 bits per heavy atom. The molecule has 0 saturated heterocycles. The first-order valence-electron chi connectivity index (χ1n) is 10.4. The fraction of sp³-hybridized carbons (Fsp3) is 0.348. The highest BCUT2D eigenvalue weighted by Gasteiger charge is 2.30. The van der Waals surface area contributed by atoms with Gasteiger partial charge in [-0.15, -0.1) is 0 Å². The van der Waals surface area contributed by atoms with Gasteiger partial charge in [0.05, 0.1) is 6.04 Å². The smallest absolute Gasteiger partial charge is 0.326 e. The van der Waals surface area contributed by atoms with E-state index in [1.807, 2.05) is 41.1 Å². The maximum Gasteiger partial charge on any atom is 0.326 e. The molecule has 0 aliphatic heterocycles. The SMILES string of the molecule is CC(C)[C@H](NC(=O)[C@@H](N)Cc1ccsc1)C(=O)N[C@@H](Cc1c[nH]c2ccccc12)C(=O)O. The zero-order chi connectivity index (χ0) is 23.3. The average molecular weight is 457 g/mol. The lowest BCUT2D eigenvalue weighted by molar-refractivity contribution is -0.142. The normalized spacial score (nSPS) is 14.1. The topological polar surface area (TPSA) is 137 Å². The predicted molar refractivity (Wildman–Crippen MR) is 124 cm³/mol. The van der Waals surface area contributed by atoms with Crippen molar-refractivity contribution in [3.63, 3.8) is 0 Å². The summed E-state index contributed by atoms with van der Waals surface area (Å²) in [5.41, 5.74) is 8.65. The van der Waals surface area contributed by atoms with E-state index in [1.54, 1.807) is 20.0 Å². The molecule has 6 N–H and O–H groups in total. The molecule has 9 heteroatoms. The first-order valence-corrected chi connectivity index (χ1v) is 11.4. The largest absolute Gasteiger partial charge is 0.480 e.